The van der Waals surface area contributed by atoms with Gasteiger partial charge in [-0.05, 0) is 61.2 Å². The number of fused-ring (bicyclic) bond motifs is 5. The average molecular weight is 383 g/mol. The lowest BCUT2D eigenvalue weighted by atomic mass is 9.44. The van der Waals surface area contributed by atoms with Crippen molar-refractivity contribution in [3.63, 3.8) is 0 Å². The maximum absolute atomic E-state index is 12.8. The van der Waals surface area contributed by atoms with E-state index in [0.29, 0.717) is 29.0 Å². The SMILES string of the molecule is C[C@]12CC[C@@H]3[C@@H](C(O)CC4CC(=O)CC(=O)[C@@]43C)[C@@H]1CC(Br)C2. The fraction of sp³-hybridized carbons (Fsp3) is 0.895. The second kappa shape index (κ2) is 5.14. The summed E-state index contributed by atoms with van der Waals surface area (Å²) in [5.41, 5.74) is -0.0867. The molecule has 0 saturated heterocycles. The summed E-state index contributed by atoms with van der Waals surface area (Å²) in [5.74, 6) is 1.27. The van der Waals surface area contributed by atoms with Gasteiger partial charge in [-0.3, -0.25) is 9.59 Å². The molecule has 1 N–H and O–H groups in total. The lowest BCUT2D eigenvalue weighted by molar-refractivity contribution is -0.174. The second-order valence-electron chi connectivity index (χ2n) is 9.15. The summed E-state index contributed by atoms with van der Waals surface area (Å²) in [6, 6.07) is 0. The molecule has 0 aromatic rings. The Morgan fingerprint density at radius 2 is 1.91 bits per heavy atom. The summed E-state index contributed by atoms with van der Waals surface area (Å²) in [6.07, 6.45) is 5.37. The Hall–Kier alpha value is -0.220. The van der Waals surface area contributed by atoms with Crippen molar-refractivity contribution in [3.05, 3.63) is 0 Å². The van der Waals surface area contributed by atoms with Gasteiger partial charge in [-0.15, -0.1) is 0 Å². The van der Waals surface area contributed by atoms with Crippen molar-refractivity contribution in [2.24, 2.45) is 34.5 Å². The van der Waals surface area contributed by atoms with E-state index in [1.54, 1.807) is 0 Å². The Balaban J connectivity index is 1.73. The zero-order valence-corrected chi connectivity index (χ0v) is 15.6. The summed E-state index contributed by atoms with van der Waals surface area (Å²) < 4.78 is 0. The number of carbonyl (C=O) groups excluding carboxylic acids is 2. The monoisotopic (exact) mass is 382 g/mol. The van der Waals surface area contributed by atoms with Crippen LogP contribution >= 0.6 is 15.9 Å². The molecule has 4 aliphatic carbocycles. The van der Waals surface area contributed by atoms with Crippen LogP contribution in [0.25, 0.3) is 0 Å². The van der Waals surface area contributed by atoms with Crippen LogP contribution in [0.3, 0.4) is 0 Å². The molecule has 4 heteroatoms. The fourth-order valence-corrected chi connectivity index (χ4v) is 7.99. The standard InChI is InChI=1S/C19H27BrO3/c1-18-4-3-13-17(14(18)7-11(20)9-18)15(22)6-10-5-12(21)8-16(23)19(10,13)2/h10-11,13-15,17,22H,3-9H2,1-2H3/t10?,11?,13-,14+,15?,17-,18-,19+/m1/s1. The molecule has 0 aromatic carbocycles. The van der Waals surface area contributed by atoms with Crippen molar-refractivity contribution < 1.29 is 14.7 Å². The fourth-order valence-electron chi connectivity index (χ4n) is 6.85. The summed E-state index contributed by atoms with van der Waals surface area (Å²) in [4.78, 5) is 25.3. The van der Waals surface area contributed by atoms with E-state index < -0.39 is 0 Å². The normalized spacial score (nSPS) is 56.0. The van der Waals surface area contributed by atoms with Gasteiger partial charge in [-0.2, -0.15) is 0 Å². The molecule has 3 nitrogen and oxygen atoms in total. The number of hydrogen-bond donors (Lipinski definition) is 1. The topological polar surface area (TPSA) is 54.4 Å². The number of ketones is 2. The minimum Gasteiger partial charge on any atom is -0.393 e. The van der Waals surface area contributed by atoms with Crippen molar-refractivity contribution in [3.8, 4) is 0 Å². The number of aliphatic hydroxyl groups excluding tert-OH is 1. The minimum atomic E-state index is -0.385. The van der Waals surface area contributed by atoms with E-state index in [4.69, 9.17) is 0 Å². The first-order chi connectivity index (χ1) is 10.8. The Morgan fingerprint density at radius 3 is 2.65 bits per heavy atom. The third-order valence-electron chi connectivity index (χ3n) is 8.07. The molecule has 4 rings (SSSR count). The Labute approximate surface area is 146 Å². The van der Waals surface area contributed by atoms with E-state index >= 15 is 0 Å². The van der Waals surface area contributed by atoms with Gasteiger partial charge in [0.15, 0.2) is 0 Å². The summed E-state index contributed by atoms with van der Waals surface area (Å²) in [6.45, 7) is 4.49. The van der Waals surface area contributed by atoms with Crippen LogP contribution in [0.2, 0.25) is 0 Å². The van der Waals surface area contributed by atoms with Crippen LogP contribution in [0.15, 0.2) is 0 Å². The van der Waals surface area contributed by atoms with Gasteiger partial charge in [0.25, 0.3) is 0 Å². The lowest BCUT2D eigenvalue weighted by Crippen LogP contribution is -2.60. The van der Waals surface area contributed by atoms with Crippen LogP contribution in [0, 0.1) is 34.5 Å². The van der Waals surface area contributed by atoms with Gasteiger partial charge in [0.2, 0.25) is 0 Å². The second-order valence-corrected chi connectivity index (χ2v) is 10.4. The molecule has 23 heavy (non-hydrogen) atoms. The highest BCUT2D eigenvalue weighted by Gasteiger charge is 2.63. The number of hydrogen-bond acceptors (Lipinski definition) is 3. The number of alkyl halides is 1. The van der Waals surface area contributed by atoms with Crippen molar-refractivity contribution in [1.29, 1.82) is 0 Å². The highest BCUT2D eigenvalue weighted by Crippen LogP contribution is 2.65. The van der Waals surface area contributed by atoms with E-state index in [1.165, 1.54) is 6.42 Å². The quantitative estimate of drug-likeness (QED) is 0.515. The van der Waals surface area contributed by atoms with Crippen LogP contribution in [0.4, 0.5) is 0 Å². The Bertz CT molecular complexity index is 561. The van der Waals surface area contributed by atoms with Crippen LogP contribution in [-0.4, -0.2) is 27.6 Å². The number of halogens is 1. The Kier molecular flexibility index (Phi) is 3.63. The average Bonchev–Trinajstić information content (AvgIpc) is 2.76. The van der Waals surface area contributed by atoms with Crippen molar-refractivity contribution in [1.82, 2.24) is 0 Å². The predicted molar refractivity (Wildman–Crippen MR) is 91.2 cm³/mol. The molecular formula is C19H27BrO3. The molecule has 128 valence electrons. The third kappa shape index (κ3) is 2.16. The van der Waals surface area contributed by atoms with E-state index in [0.717, 1.165) is 19.3 Å². The number of Topliss-reactive ketones (excluding diaryl/α,β-unsaturated/α-hetero) is 2. The zero-order valence-electron chi connectivity index (χ0n) is 14.1. The van der Waals surface area contributed by atoms with Crippen molar-refractivity contribution in [2.45, 2.75) is 69.7 Å². The predicted octanol–water partition coefficient (Wildman–Crippen LogP) is 3.51. The maximum Gasteiger partial charge on any atom is 0.146 e. The van der Waals surface area contributed by atoms with Crippen LogP contribution < -0.4 is 0 Å². The van der Waals surface area contributed by atoms with E-state index in [1.807, 2.05) is 0 Å². The maximum atomic E-state index is 12.8. The number of aliphatic hydroxyl groups is 1. The molecule has 4 aliphatic rings. The molecule has 4 fully saturated rings. The van der Waals surface area contributed by atoms with Crippen LogP contribution in [0.5, 0.6) is 0 Å². The molecule has 0 aliphatic heterocycles. The van der Waals surface area contributed by atoms with Gasteiger partial charge in [-0.1, -0.05) is 29.8 Å². The van der Waals surface area contributed by atoms with Gasteiger partial charge in [0, 0.05) is 16.7 Å². The molecule has 0 heterocycles. The first-order valence-electron chi connectivity index (χ1n) is 9.13. The van der Waals surface area contributed by atoms with E-state index in [9.17, 15) is 14.7 Å². The molecule has 4 saturated carbocycles. The lowest BCUT2D eigenvalue weighted by Gasteiger charge is -2.60. The highest BCUT2D eigenvalue weighted by atomic mass is 79.9. The first-order valence-corrected chi connectivity index (χ1v) is 10.0. The smallest absolute Gasteiger partial charge is 0.146 e. The van der Waals surface area contributed by atoms with Crippen LogP contribution in [0.1, 0.15) is 58.8 Å². The zero-order chi connectivity index (χ0) is 16.6. The summed E-state index contributed by atoms with van der Waals surface area (Å²) in [5, 5.41) is 10.9. The molecule has 0 spiro atoms. The molecule has 0 radical (unpaired) electrons. The van der Waals surface area contributed by atoms with Crippen LogP contribution in [-0.2, 0) is 9.59 Å². The van der Waals surface area contributed by atoms with E-state index in [2.05, 4.69) is 29.8 Å². The van der Waals surface area contributed by atoms with Gasteiger partial charge < -0.3 is 5.11 Å². The van der Waals surface area contributed by atoms with Gasteiger partial charge in [-0.25, -0.2) is 0 Å². The van der Waals surface area contributed by atoms with E-state index in [-0.39, 0.29) is 47.3 Å². The Morgan fingerprint density at radius 1 is 1.17 bits per heavy atom. The number of rotatable bonds is 0. The summed E-state index contributed by atoms with van der Waals surface area (Å²) >= 11 is 3.81. The molecule has 3 unspecified atom stereocenters. The minimum absolute atomic E-state index is 0.0537. The summed E-state index contributed by atoms with van der Waals surface area (Å²) in [7, 11) is 0. The molecule has 0 amide bonds. The number of carbonyl (C=O) groups is 2. The molecule has 0 aromatic heterocycles. The van der Waals surface area contributed by atoms with Gasteiger partial charge in [0.1, 0.15) is 11.6 Å². The van der Waals surface area contributed by atoms with Crippen molar-refractivity contribution in [2.75, 3.05) is 0 Å². The van der Waals surface area contributed by atoms with Gasteiger partial charge in [0.05, 0.1) is 12.5 Å². The molecule has 8 atom stereocenters. The molecular weight excluding hydrogens is 356 g/mol. The van der Waals surface area contributed by atoms with Crippen molar-refractivity contribution >= 4 is 27.5 Å². The molecule has 0 bridgehead atoms. The van der Waals surface area contributed by atoms with Gasteiger partial charge >= 0.3 is 0 Å². The highest BCUT2D eigenvalue weighted by molar-refractivity contribution is 9.09. The largest absolute Gasteiger partial charge is 0.393 e. The first kappa shape index (κ1) is 16.3. The third-order valence-corrected chi connectivity index (χ3v) is 8.77.